The highest BCUT2D eigenvalue weighted by Gasteiger charge is 2.19. The van der Waals surface area contributed by atoms with Crippen molar-refractivity contribution in [2.45, 2.75) is 27.2 Å². The van der Waals surface area contributed by atoms with Gasteiger partial charge in [-0.3, -0.25) is 0 Å². The summed E-state index contributed by atoms with van der Waals surface area (Å²) in [5.41, 5.74) is 9.81. The van der Waals surface area contributed by atoms with Crippen LogP contribution in [0.5, 0.6) is 0 Å². The monoisotopic (exact) mass is 203 g/mol. The van der Waals surface area contributed by atoms with Gasteiger partial charge in [-0.05, 0) is 31.4 Å². The van der Waals surface area contributed by atoms with Crippen molar-refractivity contribution < 1.29 is 0 Å². The van der Waals surface area contributed by atoms with Crippen molar-refractivity contribution in [1.29, 1.82) is 0 Å². The van der Waals surface area contributed by atoms with Gasteiger partial charge >= 0.3 is 0 Å². The molecule has 0 spiro atoms. The van der Waals surface area contributed by atoms with Crippen molar-refractivity contribution in [3.63, 3.8) is 0 Å². The zero-order valence-electron chi connectivity index (χ0n) is 10.0. The summed E-state index contributed by atoms with van der Waals surface area (Å²) in [4.78, 5) is 0. The first-order valence-electron chi connectivity index (χ1n) is 5.40. The summed E-state index contributed by atoms with van der Waals surface area (Å²) >= 11 is 0. The highest BCUT2D eigenvalue weighted by molar-refractivity contribution is 5.31. The van der Waals surface area contributed by atoms with E-state index in [2.05, 4.69) is 45.5 Å². The third kappa shape index (κ3) is 2.93. The summed E-state index contributed by atoms with van der Waals surface area (Å²) < 4.78 is 0. The molecule has 0 aliphatic carbocycles. The van der Waals surface area contributed by atoms with Crippen LogP contribution < -0.4 is 5.73 Å². The lowest BCUT2D eigenvalue weighted by Gasteiger charge is -2.24. The van der Waals surface area contributed by atoms with Gasteiger partial charge in [-0.2, -0.15) is 0 Å². The summed E-state index contributed by atoms with van der Waals surface area (Å²) in [6.45, 7) is 10.9. The average Bonchev–Trinajstić information content (AvgIpc) is 2.23. The topological polar surface area (TPSA) is 26.0 Å². The number of hydrogen-bond donors (Lipinski definition) is 1. The third-order valence-electron chi connectivity index (χ3n) is 3.06. The fourth-order valence-electron chi connectivity index (χ4n) is 1.65. The molecule has 82 valence electrons. The molecule has 1 heteroatoms. The van der Waals surface area contributed by atoms with Crippen molar-refractivity contribution in [2.75, 3.05) is 6.54 Å². The predicted octanol–water partition coefficient (Wildman–Crippen LogP) is 3.00. The first kappa shape index (κ1) is 12.0. The summed E-state index contributed by atoms with van der Waals surface area (Å²) in [5, 5.41) is 0. The lowest BCUT2D eigenvalue weighted by atomic mass is 9.82. The Balaban J connectivity index is 2.97. The maximum atomic E-state index is 5.78. The van der Waals surface area contributed by atoms with Gasteiger partial charge in [-0.1, -0.05) is 36.8 Å². The average molecular weight is 203 g/mol. The third-order valence-corrected chi connectivity index (χ3v) is 3.06. The quantitative estimate of drug-likeness (QED) is 0.748. The number of rotatable bonds is 4. The van der Waals surface area contributed by atoms with Crippen LogP contribution in [0.1, 0.15) is 23.6 Å². The van der Waals surface area contributed by atoms with Crippen LogP contribution in [0.2, 0.25) is 0 Å². The Morgan fingerprint density at radius 3 is 2.60 bits per heavy atom. The molecular weight excluding hydrogens is 182 g/mol. The van der Waals surface area contributed by atoms with Gasteiger partial charge in [0.1, 0.15) is 0 Å². The highest BCUT2D eigenvalue weighted by Crippen LogP contribution is 2.24. The zero-order chi connectivity index (χ0) is 11.5. The number of nitrogens with two attached hydrogens (primary N) is 1. The van der Waals surface area contributed by atoms with Crippen LogP contribution in [0.15, 0.2) is 30.9 Å². The van der Waals surface area contributed by atoms with E-state index in [4.69, 9.17) is 5.73 Å². The van der Waals surface area contributed by atoms with Gasteiger partial charge in [-0.25, -0.2) is 0 Å². The Hall–Kier alpha value is -1.08. The van der Waals surface area contributed by atoms with Gasteiger partial charge in [0.05, 0.1) is 0 Å². The van der Waals surface area contributed by atoms with E-state index in [9.17, 15) is 0 Å². The largest absolute Gasteiger partial charge is 0.330 e. The van der Waals surface area contributed by atoms with Gasteiger partial charge in [0, 0.05) is 12.0 Å². The second-order valence-electron chi connectivity index (χ2n) is 4.67. The molecule has 0 amide bonds. The Morgan fingerprint density at radius 2 is 2.07 bits per heavy atom. The molecule has 1 nitrogen and oxygen atoms in total. The Kier molecular flexibility index (Phi) is 3.70. The van der Waals surface area contributed by atoms with Crippen LogP contribution in [0, 0.1) is 19.3 Å². The molecule has 15 heavy (non-hydrogen) atoms. The predicted molar refractivity (Wildman–Crippen MR) is 67.0 cm³/mol. The number of benzene rings is 1. The van der Waals surface area contributed by atoms with E-state index in [1.165, 1.54) is 16.7 Å². The Morgan fingerprint density at radius 1 is 1.40 bits per heavy atom. The normalized spacial score (nSPS) is 14.7. The molecule has 1 aromatic carbocycles. The van der Waals surface area contributed by atoms with E-state index < -0.39 is 0 Å². The molecule has 0 radical (unpaired) electrons. The van der Waals surface area contributed by atoms with Crippen LogP contribution in [0.3, 0.4) is 0 Å². The van der Waals surface area contributed by atoms with Crippen LogP contribution in [-0.4, -0.2) is 6.54 Å². The van der Waals surface area contributed by atoms with Gasteiger partial charge in [0.2, 0.25) is 0 Å². The lowest BCUT2D eigenvalue weighted by molar-refractivity contribution is 0.438. The van der Waals surface area contributed by atoms with Crippen LogP contribution >= 0.6 is 0 Å². The molecule has 2 N–H and O–H groups in total. The van der Waals surface area contributed by atoms with Gasteiger partial charge in [-0.15, -0.1) is 6.58 Å². The first-order valence-corrected chi connectivity index (χ1v) is 5.40. The van der Waals surface area contributed by atoms with E-state index in [0.717, 1.165) is 6.42 Å². The van der Waals surface area contributed by atoms with Gasteiger partial charge in [0.25, 0.3) is 0 Å². The van der Waals surface area contributed by atoms with Gasteiger partial charge in [0.15, 0.2) is 0 Å². The van der Waals surface area contributed by atoms with Crippen molar-refractivity contribution in [2.24, 2.45) is 11.1 Å². The lowest BCUT2D eigenvalue weighted by Crippen LogP contribution is -2.27. The van der Waals surface area contributed by atoms with Crippen LogP contribution in [-0.2, 0) is 6.42 Å². The molecule has 0 fully saturated rings. The SMILES string of the molecule is C=CC(C)(CN)Cc1cc(C)ccc1C. The summed E-state index contributed by atoms with van der Waals surface area (Å²) in [5.74, 6) is 0. The molecule has 0 saturated heterocycles. The standard InChI is InChI=1S/C14H21N/c1-5-14(4,10-15)9-13-8-11(2)6-7-12(13)3/h5-8H,1,9-10,15H2,2-4H3. The maximum absolute atomic E-state index is 5.78. The van der Waals surface area contributed by atoms with E-state index in [0.29, 0.717) is 6.54 Å². The first-order chi connectivity index (χ1) is 7.00. The summed E-state index contributed by atoms with van der Waals surface area (Å²) in [6.07, 6.45) is 2.94. The summed E-state index contributed by atoms with van der Waals surface area (Å²) in [7, 11) is 0. The minimum absolute atomic E-state index is 0.0125. The van der Waals surface area contributed by atoms with E-state index in [-0.39, 0.29) is 5.41 Å². The molecule has 0 aliphatic heterocycles. The molecule has 0 bridgehead atoms. The maximum Gasteiger partial charge on any atom is 0.00146 e. The van der Waals surface area contributed by atoms with Crippen molar-refractivity contribution in [1.82, 2.24) is 0 Å². The summed E-state index contributed by atoms with van der Waals surface area (Å²) in [6, 6.07) is 6.56. The Labute approximate surface area is 93.0 Å². The molecule has 1 aromatic rings. The minimum atomic E-state index is 0.0125. The van der Waals surface area contributed by atoms with Crippen molar-refractivity contribution in [3.8, 4) is 0 Å². The number of aryl methyl sites for hydroxylation is 2. The highest BCUT2D eigenvalue weighted by atomic mass is 14.6. The molecule has 0 saturated carbocycles. The fraction of sp³-hybridized carbons (Fsp3) is 0.429. The van der Waals surface area contributed by atoms with Crippen molar-refractivity contribution >= 4 is 0 Å². The Bertz CT molecular complexity index is 354. The molecule has 0 aromatic heterocycles. The fourth-order valence-corrected chi connectivity index (χ4v) is 1.65. The molecule has 0 aliphatic rings. The zero-order valence-corrected chi connectivity index (χ0v) is 10.0. The van der Waals surface area contributed by atoms with E-state index in [1.54, 1.807) is 0 Å². The van der Waals surface area contributed by atoms with Crippen LogP contribution in [0.25, 0.3) is 0 Å². The van der Waals surface area contributed by atoms with E-state index in [1.807, 2.05) is 6.08 Å². The minimum Gasteiger partial charge on any atom is -0.330 e. The molecule has 0 heterocycles. The molecular formula is C14H21N. The smallest absolute Gasteiger partial charge is 0.00146 e. The number of hydrogen-bond acceptors (Lipinski definition) is 1. The second kappa shape index (κ2) is 4.63. The van der Waals surface area contributed by atoms with Crippen molar-refractivity contribution in [3.05, 3.63) is 47.5 Å². The second-order valence-corrected chi connectivity index (χ2v) is 4.67. The molecule has 1 unspecified atom stereocenters. The van der Waals surface area contributed by atoms with Gasteiger partial charge < -0.3 is 5.73 Å². The molecule has 1 atom stereocenters. The van der Waals surface area contributed by atoms with E-state index >= 15 is 0 Å². The van der Waals surface area contributed by atoms with Crippen LogP contribution in [0.4, 0.5) is 0 Å². The molecule has 1 rings (SSSR count).